The van der Waals surface area contributed by atoms with Crippen LogP contribution in [-0.2, 0) is 4.79 Å². The van der Waals surface area contributed by atoms with Crippen LogP contribution in [0.25, 0.3) is 0 Å². The van der Waals surface area contributed by atoms with Crippen molar-refractivity contribution in [2.24, 2.45) is 4.99 Å². The molecular weight excluding hydrogens is 296 g/mol. The van der Waals surface area contributed by atoms with E-state index >= 15 is 0 Å². The normalized spacial score (nSPS) is 17.3. The lowest BCUT2D eigenvalue weighted by molar-refractivity contribution is -0.116. The third kappa shape index (κ3) is 3.31. The zero-order valence-electron chi connectivity index (χ0n) is 12.2. The van der Waals surface area contributed by atoms with Crippen LogP contribution in [-0.4, -0.2) is 23.9 Å². The van der Waals surface area contributed by atoms with Crippen molar-refractivity contribution in [2.45, 2.75) is 6.04 Å². The highest BCUT2D eigenvalue weighted by Gasteiger charge is 2.20. The second kappa shape index (κ2) is 6.66. The van der Waals surface area contributed by atoms with E-state index in [1.807, 2.05) is 54.6 Å². The lowest BCUT2D eigenvalue weighted by atomic mass is 9.99. The van der Waals surface area contributed by atoms with Gasteiger partial charge in [-0.2, -0.15) is 0 Å². The van der Waals surface area contributed by atoms with Gasteiger partial charge in [-0.25, -0.2) is 4.99 Å². The standard InChI is InChI=1S/C17H16N2O2S/c1-21-14-9-7-13(8-10-14)16(12-5-3-2-4-6-12)19-17-18-15(20)11-22-17/h2-10,16H,11H2,1H3,(H,18,19,20). The first kappa shape index (κ1) is 14.7. The molecule has 3 rings (SSSR count). The number of aliphatic imine (C=N–C) groups is 1. The van der Waals surface area contributed by atoms with Crippen LogP contribution in [0.5, 0.6) is 5.75 Å². The first-order valence-electron chi connectivity index (χ1n) is 6.95. The smallest absolute Gasteiger partial charge is 0.236 e. The number of amides is 1. The van der Waals surface area contributed by atoms with Crippen LogP contribution >= 0.6 is 11.8 Å². The number of nitrogens with one attached hydrogen (secondary N) is 1. The van der Waals surface area contributed by atoms with Crippen LogP contribution in [0.2, 0.25) is 0 Å². The molecule has 1 atom stereocenters. The summed E-state index contributed by atoms with van der Waals surface area (Å²) in [6.07, 6.45) is 0. The number of rotatable bonds is 4. The molecule has 1 fully saturated rings. The molecule has 0 radical (unpaired) electrons. The van der Waals surface area contributed by atoms with Crippen molar-refractivity contribution in [2.75, 3.05) is 12.9 Å². The van der Waals surface area contributed by atoms with Crippen LogP contribution < -0.4 is 10.1 Å². The van der Waals surface area contributed by atoms with Crippen molar-refractivity contribution < 1.29 is 9.53 Å². The Morgan fingerprint density at radius 1 is 1.09 bits per heavy atom. The van der Waals surface area contributed by atoms with Gasteiger partial charge in [0.1, 0.15) is 11.8 Å². The van der Waals surface area contributed by atoms with Gasteiger partial charge >= 0.3 is 0 Å². The summed E-state index contributed by atoms with van der Waals surface area (Å²) in [6, 6.07) is 17.8. The van der Waals surface area contributed by atoms with Gasteiger partial charge < -0.3 is 10.1 Å². The summed E-state index contributed by atoms with van der Waals surface area (Å²) in [5, 5.41) is 3.47. The van der Waals surface area contributed by atoms with E-state index < -0.39 is 0 Å². The zero-order valence-corrected chi connectivity index (χ0v) is 13.0. The summed E-state index contributed by atoms with van der Waals surface area (Å²) in [5.74, 6) is 1.25. The first-order chi connectivity index (χ1) is 10.8. The summed E-state index contributed by atoms with van der Waals surface area (Å²) in [6.45, 7) is 0. The molecule has 0 bridgehead atoms. The maximum absolute atomic E-state index is 11.4. The number of ether oxygens (including phenoxy) is 1. The molecule has 1 saturated heterocycles. The maximum atomic E-state index is 11.4. The van der Waals surface area contributed by atoms with Gasteiger partial charge in [-0.05, 0) is 23.3 Å². The number of thioether (sulfide) groups is 1. The molecule has 5 heteroatoms. The SMILES string of the molecule is COc1ccc(C(N=C2NC(=O)CS2)c2ccccc2)cc1. The van der Waals surface area contributed by atoms with Crippen LogP contribution in [0.15, 0.2) is 59.6 Å². The summed E-state index contributed by atoms with van der Waals surface area (Å²) < 4.78 is 5.21. The number of hydrogen-bond donors (Lipinski definition) is 1. The third-order valence-electron chi connectivity index (χ3n) is 3.38. The Hall–Kier alpha value is -2.27. The quantitative estimate of drug-likeness (QED) is 0.944. The van der Waals surface area contributed by atoms with Crippen molar-refractivity contribution in [3.63, 3.8) is 0 Å². The highest BCUT2D eigenvalue weighted by molar-refractivity contribution is 8.15. The van der Waals surface area contributed by atoms with Crippen LogP contribution in [0.4, 0.5) is 0 Å². The maximum Gasteiger partial charge on any atom is 0.236 e. The molecule has 0 spiro atoms. The van der Waals surface area contributed by atoms with E-state index in [1.54, 1.807) is 7.11 Å². The van der Waals surface area contributed by atoms with Gasteiger partial charge in [0, 0.05) is 0 Å². The Morgan fingerprint density at radius 2 is 1.77 bits per heavy atom. The van der Waals surface area contributed by atoms with Crippen LogP contribution in [0.1, 0.15) is 17.2 Å². The Balaban J connectivity index is 1.97. The molecule has 1 unspecified atom stereocenters. The monoisotopic (exact) mass is 312 g/mol. The van der Waals surface area contributed by atoms with Crippen molar-refractivity contribution in [1.82, 2.24) is 5.32 Å². The highest BCUT2D eigenvalue weighted by Crippen LogP contribution is 2.29. The Bertz CT molecular complexity index is 684. The average Bonchev–Trinajstić information content (AvgIpc) is 2.99. The number of methoxy groups -OCH3 is 1. The number of amidine groups is 1. The predicted molar refractivity (Wildman–Crippen MR) is 89.3 cm³/mol. The van der Waals surface area contributed by atoms with Crippen molar-refractivity contribution >= 4 is 22.8 Å². The Morgan fingerprint density at radius 3 is 2.36 bits per heavy atom. The highest BCUT2D eigenvalue weighted by atomic mass is 32.2. The molecule has 2 aromatic rings. The molecule has 1 aliphatic rings. The minimum Gasteiger partial charge on any atom is -0.497 e. The van der Waals surface area contributed by atoms with Gasteiger partial charge in [0.2, 0.25) is 5.91 Å². The van der Waals surface area contributed by atoms with E-state index in [9.17, 15) is 4.79 Å². The largest absolute Gasteiger partial charge is 0.497 e. The summed E-state index contributed by atoms with van der Waals surface area (Å²) in [4.78, 5) is 16.1. The molecule has 2 aromatic carbocycles. The van der Waals surface area contributed by atoms with E-state index in [0.717, 1.165) is 16.9 Å². The van der Waals surface area contributed by atoms with Crippen LogP contribution in [0, 0.1) is 0 Å². The first-order valence-corrected chi connectivity index (χ1v) is 7.94. The lowest BCUT2D eigenvalue weighted by Crippen LogP contribution is -2.21. The topological polar surface area (TPSA) is 50.7 Å². The zero-order chi connectivity index (χ0) is 15.4. The second-order valence-electron chi connectivity index (χ2n) is 4.86. The summed E-state index contributed by atoms with van der Waals surface area (Å²) >= 11 is 1.44. The van der Waals surface area contributed by atoms with Gasteiger partial charge in [-0.1, -0.05) is 54.2 Å². The van der Waals surface area contributed by atoms with Crippen molar-refractivity contribution in [3.05, 3.63) is 65.7 Å². The molecule has 1 heterocycles. The minimum absolute atomic E-state index is 0.00490. The fraction of sp³-hybridized carbons (Fsp3) is 0.176. The fourth-order valence-corrected chi connectivity index (χ4v) is 2.98. The molecule has 112 valence electrons. The fourth-order valence-electron chi connectivity index (χ4n) is 2.28. The average molecular weight is 312 g/mol. The second-order valence-corrected chi connectivity index (χ2v) is 5.82. The number of nitrogens with zero attached hydrogens (tertiary/aromatic N) is 1. The molecule has 1 aliphatic heterocycles. The number of hydrogen-bond acceptors (Lipinski definition) is 4. The number of benzene rings is 2. The summed E-state index contributed by atoms with van der Waals surface area (Å²) in [5.41, 5.74) is 2.14. The van der Waals surface area contributed by atoms with E-state index in [0.29, 0.717) is 10.9 Å². The lowest BCUT2D eigenvalue weighted by Gasteiger charge is -2.15. The number of carbonyl (C=O) groups is 1. The molecule has 4 nitrogen and oxygen atoms in total. The van der Waals surface area contributed by atoms with Gasteiger partial charge in [0.15, 0.2) is 5.17 Å². The van der Waals surface area contributed by atoms with Crippen molar-refractivity contribution in [1.29, 1.82) is 0 Å². The van der Waals surface area contributed by atoms with E-state index in [4.69, 9.17) is 9.73 Å². The van der Waals surface area contributed by atoms with Crippen molar-refractivity contribution in [3.8, 4) is 5.75 Å². The molecule has 22 heavy (non-hydrogen) atoms. The molecule has 0 saturated carbocycles. The molecule has 0 aromatic heterocycles. The van der Waals surface area contributed by atoms with Gasteiger partial charge in [0.05, 0.1) is 12.9 Å². The van der Waals surface area contributed by atoms with Gasteiger partial charge in [-0.15, -0.1) is 0 Å². The van der Waals surface area contributed by atoms with E-state index in [-0.39, 0.29) is 11.9 Å². The van der Waals surface area contributed by atoms with E-state index in [2.05, 4.69) is 5.32 Å². The molecule has 1 N–H and O–H groups in total. The van der Waals surface area contributed by atoms with Crippen LogP contribution in [0.3, 0.4) is 0 Å². The van der Waals surface area contributed by atoms with Gasteiger partial charge in [-0.3, -0.25) is 4.79 Å². The summed E-state index contributed by atoms with van der Waals surface area (Å²) in [7, 11) is 1.65. The molecule has 0 aliphatic carbocycles. The van der Waals surface area contributed by atoms with Gasteiger partial charge in [0.25, 0.3) is 0 Å². The Kier molecular flexibility index (Phi) is 4.44. The third-order valence-corrected chi connectivity index (χ3v) is 4.27. The number of carbonyl (C=O) groups excluding carboxylic acids is 1. The molecule has 1 amide bonds. The predicted octanol–water partition coefficient (Wildman–Crippen LogP) is 3.00. The Labute approximate surface area is 133 Å². The molecular formula is C17H16N2O2S. The van der Waals surface area contributed by atoms with E-state index in [1.165, 1.54) is 11.8 Å². The minimum atomic E-state index is -0.145.